The van der Waals surface area contributed by atoms with Crippen molar-refractivity contribution in [1.29, 1.82) is 0 Å². The van der Waals surface area contributed by atoms with Crippen LogP contribution < -0.4 is 15.8 Å². The summed E-state index contributed by atoms with van der Waals surface area (Å²) in [7, 11) is 0. The molecule has 218 valence electrons. The minimum Gasteiger partial charge on any atom is -0.348 e. The van der Waals surface area contributed by atoms with Gasteiger partial charge in [-0.3, -0.25) is 14.2 Å². The van der Waals surface area contributed by atoms with E-state index < -0.39 is 11.7 Å². The lowest BCUT2D eigenvalue weighted by Crippen LogP contribution is -2.42. The fraction of sp³-hybridized carbons (Fsp3) is 0.375. The molecule has 1 saturated carbocycles. The van der Waals surface area contributed by atoms with Crippen molar-refractivity contribution in [3.8, 4) is 5.69 Å². The van der Waals surface area contributed by atoms with Crippen LogP contribution in [-0.2, 0) is 12.7 Å². The van der Waals surface area contributed by atoms with Crippen LogP contribution >= 0.6 is 0 Å². The molecule has 10 heteroatoms. The zero-order valence-electron chi connectivity index (χ0n) is 23.3. The third-order valence-electron chi connectivity index (χ3n) is 8.63. The summed E-state index contributed by atoms with van der Waals surface area (Å²) >= 11 is 0. The van der Waals surface area contributed by atoms with E-state index in [1.54, 1.807) is 34.9 Å². The normalized spacial score (nSPS) is 19.0. The molecule has 6 rings (SSSR count). The largest absolute Gasteiger partial charge is 0.416 e. The minimum atomic E-state index is -4.41. The van der Waals surface area contributed by atoms with Crippen molar-refractivity contribution >= 4 is 22.9 Å². The Balaban J connectivity index is 1.22. The Morgan fingerprint density at radius 1 is 0.929 bits per heavy atom. The van der Waals surface area contributed by atoms with Crippen LogP contribution in [-0.4, -0.2) is 33.5 Å². The number of nitrogens with one attached hydrogen (secondary N) is 1. The lowest BCUT2D eigenvalue weighted by Gasteiger charge is -2.41. The maximum Gasteiger partial charge on any atom is 0.416 e. The Hall–Kier alpha value is -4.21. The number of hydrogen-bond donors (Lipinski definition) is 1. The number of aromatic nitrogens is 3. The van der Waals surface area contributed by atoms with Crippen LogP contribution in [0.3, 0.4) is 0 Å². The van der Waals surface area contributed by atoms with Gasteiger partial charge in [0.25, 0.3) is 11.5 Å². The van der Waals surface area contributed by atoms with Crippen molar-refractivity contribution in [2.24, 2.45) is 11.8 Å². The lowest BCUT2D eigenvalue weighted by atomic mass is 9.75. The van der Waals surface area contributed by atoms with Crippen LogP contribution in [0.15, 0.2) is 65.5 Å². The van der Waals surface area contributed by atoms with Crippen LogP contribution in [0.5, 0.6) is 0 Å². The first-order valence-electron chi connectivity index (χ1n) is 14.4. The quantitative estimate of drug-likeness (QED) is 0.313. The van der Waals surface area contributed by atoms with E-state index in [-0.39, 0.29) is 18.0 Å². The molecule has 2 fully saturated rings. The SMILES string of the molecule is Cc1nc(N2CCC3CCCCC3C2)nc2c1ccc(=O)n2-c1ccc(C(=O)NCc2ccc(C(F)(F)F)cc2)cc1. The van der Waals surface area contributed by atoms with E-state index in [1.165, 1.54) is 43.9 Å². The van der Waals surface area contributed by atoms with Crippen LogP contribution in [0.1, 0.15) is 59.3 Å². The van der Waals surface area contributed by atoms with Gasteiger partial charge in [-0.2, -0.15) is 18.2 Å². The number of benzene rings is 2. The molecule has 42 heavy (non-hydrogen) atoms. The predicted octanol–water partition coefficient (Wildman–Crippen LogP) is 6.05. The average Bonchev–Trinajstić information content (AvgIpc) is 2.99. The van der Waals surface area contributed by atoms with Gasteiger partial charge >= 0.3 is 6.18 Å². The summed E-state index contributed by atoms with van der Waals surface area (Å²) in [6.07, 6.45) is 1.86. The molecule has 1 aliphatic carbocycles. The first-order chi connectivity index (χ1) is 20.2. The molecule has 3 heterocycles. The van der Waals surface area contributed by atoms with Gasteiger partial charge in [0.05, 0.1) is 16.9 Å². The van der Waals surface area contributed by atoms with Gasteiger partial charge < -0.3 is 10.2 Å². The van der Waals surface area contributed by atoms with Crippen molar-refractivity contribution in [1.82, 2.24) is 19.9 Å². The fourth-order valence-electron chi connectivity index (χ4n) is 6.28. The topological polar surface area (TPSA) is 80.1 Å². The van der Waals surface area contributed by atoms with Crippen molar-refractivity contribution < 1.29 is 18.0 Å². The number of aryl methyl sites for hydroxylation is 1. The Bertz CT molecular complexity index is 1670. The Kier molecular flexibility index (Phi) is 7.47. The molecule has 0 spiro atoms. The van der Waals surface area contributed by atoms with Gasteiger partial charge in [-0.05, 0) is 79.6 Å². The maximum atomic E-state index is 13.1. The number of anilines is 1. The summed E-state index contributed by atoms with van der Waals surface area (Å²) in [5, 5.41) is 3.51. The number of pyridine rings is 1. The lowest BCUT2D eigenvalue weighted by molar-refractivity contribution is -0.137. The summed E-state index contributed by atoms with van der Waals surface area (Å²) in [5.41, 5.74) is 1.83. The van der Waals surface area contributed by atoms with Gasteiger partial charge in [-0.15, -0.1) is 0 Å². The molecule has 2 atom stereocenters. The number of amides is 1. The summed E-state index contributed by atoms with van der Waals surface area (Å²) in [6, 6.07) is 14.5. The second-order valence-corrected chi connectivity index (χ2v) is 11.3. The van der Waals surface area contributed by atoms with E-state index in [4.69, 9.17) is 9.97 Å². The molecule has 1 aliphatic heterocycles. The predicted molar refractivity (Wildman–Crippen MR) is 155 cm³/mol. The van der Waals surface area contributed by atoms with Crippen LogP contribution in [0.2, 0.25) is 0 Å². The van der Waals surface area contributed by atoms with Gasteiger partial charge in [0, 0.05) is 36.7 Å². The van der Waals surface area contributed by atoms with Gasteiger partial charge in [-0.25, -0.2) is 4.98 Å². The number of carbonyl (C=O) groups is 1. The van der Waals surface area contributed by atoms with E-state index in [1.807, 2.05) is 6.92 Å². The van der Waals surface area contributed by atoms with E-state index in [2.05, 4.69) is 10.2 Å². The molecule has 1 N–H and O–H groups in total. The molecule has 0 bridgehead atoms. The number of rotatable bonds is 5. The van der Waals surface area contributed by atoms with Crippen molar-refractivity contribution in [3.05, 3.63) is 93.4 Å². The summed E-state index contributed by atoms with van der Waals surface area (Å²) < 4.78 is 39.9. The zero-order chi connectivity index (χ0) is 29.4. The Labute approximate surface area is 241 Å². The molecule has 7 nitrogen and oxygen atoms in total. The highest BCUT2D eigenvalue weighted by Crippen LogP contribution is 2.37. The van der Waals surface area contributed by atoms with Gasteiger partial charge in [0.1, 0.15) is 0 Å². The first-order valence-corrected chi connectivity index (χ1v) is 14.4. The standard InChI is InChI=1S/C32H32F3N5O2/c1-20-27-14-15-28(41)40(29(27)38-31(37-20)39-17-16-22-4-2-3-5-24(22)19-39)26-12-8-23(9-13-26)30(42)36-18-21-6-10-25(11-7-21)32(33,34)35/h6-15,22,24H,2-5,16-19H2,1H3,(H,36,42). The highest BCUT2D eigenvalue weighted by Gasteiger charge is 2.32. The minimum absolute atomic E-state index is 0.0819. The Morgan fingerprint density at radius 2 is 1.64 bits per heavy atom. The van der Waals surface area contributed by atoms with E-state index in [0.29, 0.717) is 34.3 Å². The smallest absolute Gasteiger partial charge is 0.348 e. The Morgan fingerprint density at radius 3 is 2.36 bits per heavy atom. The van der Waals surface area contributed by atoms with E-state index in [9.17, 15) is 22.8 Å². The molecule has 0 radical (unpaired) electrons. The molecular weight excluding hydrogens is 543 g/mol. The van der Waals surface area contributed by atoms with Crippen molar-refractivity contribution in [2.45, 2.75) is 51.7 Å². The van der Waals surface area contributed by atoms with E-state index in [0.717, 1.165) is 48.6 Å². The van der Waals surface area contributed by atoms with Crippen LogP contribution in [0.4, 0.5) is 19.1 Å². The third kappa shape index (κ3) is 5.62. The van der Waals surface area contributed by atoms with Crippen molar-refractivity contribution in [3.63, 3.8) is 0 Å². The molecule has 1 amide bonds. The number of alkyl halides is 3. The molecule has 2 aromatic carbocycles. The molecule has 2 unspecified atom stereocenters. The summed E-state index contributed by atoms with van der Waals surface area (Å²) in [6.45, 7) is 3.85. The molecule has 2 aliphatic rings. The van der Waals surface area contributed by atoms with Gasteiger partial charge in [0.15, 0.2) is 5.65 Å². The second-order valence-electron chi connectivity index (χ2n) is 11.3. The molecular formula is C32H32F3N5O2. The number of halogens is 3. The number of nitrogens with zero attached hydrogens (tertiary/aromatic N) is 4. The highest BCUT2D eigenvalue weighted by molar-refractivity contribution is 5.94. The van der Waals surface area contributed by atoms with Crippen LogP contribution in [0, 0.1) is 18.8 Å². The molecule has 4 aromatic rings. The number of hydrogen-bond acceptors (Lipinski definition) is 5. The van der Waals surface area contributed by atoms with Crippen molar-refractivity contribution in [2.75, 3.05) is 18.0 Å². The number of fused-ring (bicyclic) bond motifs is 2. The average molecular weight is 576 g/mol. The third-order valence-corrected chi connectivity index (χ3v) is 8.63. The van der Waals surface area contributed by atoms with E-state index >= 15 is 0 Å². The highest BCUT2D eigenvalue weighted by atomic mass is 19.4. The van der Waals surface area contributed by atoms with Crippen LogP contribution in [0.25, 0.3) is 16.7 Å². The second kappa shape index (κ2) is 11.2. The zero-order valence-corrected chi connectivity index (χ0v) is 23.3. The first kappa shape index (κ1) is 27.9. The number of carbonyl (C=O) groups excluding carboxylic acids is 1. The summed E-state index contributed by atoms with van der Waals surface area (Å²) in [4.78, 5) is 37.9. The van der Waals surface area contributed by atoms with Gasteiger partial charge in [0.2, 0.25) is 5.95 Å². The molecule has 2 aromatic heterocycles. The monoisotopic (exact) mass is 575 g/mol. The number of piperidine rings is 1. The fourth-order valence-corrected chi connectivity index (χ4v) is 6.28. The summed E-state index contributed by atoms with van der Waals surface area (Å²) in [5.74, 6) is 1.70. The maximum absolute atomic E-state index is 13.1. The molecule has 1 saturated heterocycles. The van der Waals surface area contributed by atoms with Gasteiger partial charge in [-0.1, -0.05) is 31.4 Å².